The number of thiophene rings is 1. The molecule has 0 aliphatic carbocycles. The zero-order valence-corrected chi connectivity index (χ0v) is 16.4. The number of anilines is 1. The van der Waals surface area contributed by atoms with Gasteiger partial charge in [0.25, 0.3) is 5.78 Å². The first kappa shape index (κ1) is 17.5. The molecule has 4 heterocycles. The second-order valence-electron chi connectivity index (χ2n) is 7.21. The van der Waals surface area contributed by atoms with Crippen LogP contribution in [0.15, 0.2) is 30.3 Å². The van der Waals surface area contributed by atoms with Gasteiger partial charge in [0, 0.05) is 31.1 Å². The lowest BCUT2D eigenvalue weighted by Crippen LogP contribution is -2.29. The molecule has 0 spiro atoms. The predicted octanol–water partition coefficient (Wildman–Crippen LogP) is 2.08. The van der Waals surface area contributed by atoms with Crippen molar-refractivity contribution in [1.29, 1.82) is 0 Å². The summed E-state index contributed by atoms with van der Waals surface area (Å²) < 4.78 is 1.72. The Kier molecular flexibility index (Phi) is 4.42. The monoisotopic (exact) mass is 395 g/mol. The van der Waals surface area contributed by atoms with Gasteiger partial charge in [-0.1, -0.05) is 35.4 Å². The smallest absolute Gasteiger partial charge is 0.276 e. The van der Waals surface area contributed by atoms with Crippen molar-refractivity contribution in [3.8, 4) is 0 Å². The maximum absolute atomic E-state index is 9.68. The van der Waals surface area contributed by atoms with Crippen molar-refractivity contribution >= 4 is 33.1 Å². The van der Waals surface area contributed by atoms with Crippen LogP contribution in [0.25, 0.3) is 16.0 Å². The van der Waals surface area contributed by atoms with Crippen LogP contribution in [0.4, 0.5) is 5.82 Å². The van der Waals surface area contributed by atoms with Crippen LogP contribution in [-0.4, -0.2) is 54.2 Å². The number of rotatable bonds is 5. The maximum Gasteiger partial charge on any atom is 0.276 e. The normalized spacial score (nSPS) is 15.8. The van der Waals surface area contributed by atoms with Crippen LogP contribution >= 0.6 is 11.3 Å². The number of aliphatic hydroxyl groups excluding tert-OH is 1. The molecule has 1 aliphatic heterocycles. The molecule has 0 saturated carbocycles. The molecule has 0 unspecified atom stereocenters. The third kappa shape index (κ3) is 3.11. The van der Waals surface area contributed by atoms with Crippen LogP contribution in [0.3, 0.4) is 0 Å². The topological polar surface area (TPSA) is 91.5 Å². The highest BCUT2D eigenvalue weighted by molar-refractivity contribution is 7.19. The lowest BCUT2D eigenvalue weighted by Gasteiger charge is -2.27. The number of fused-ring (bicyclic) bond motifs is 5. The van der Waals surface area contributed by atoms with Gasteiger partial charge in [-0.15, -0.1) is 11.3 Å². The molecule has 144 valence electrons. The molecule has 0 amide bonds. The van der Waals surface area contributed by atoms with Crippen LogP contribution in [0.5, 0.6) is 0 Å². The highest BCUT2D eigenvalue weighted by atomic mass is 32.1. The molecule has 0 bridgehead atoms. The van der Waals surface area contributed by atoms with Gasteiger partial charge in [-0.2, -0.15) is 9.50 Å². The molecular weight excluding hydrogens is 374 g/mol. The lowest BCUT2D eigenvalue weighted by molar-refractivity contribution is 0.208. The van der Waals surface area contributed by atoms with Gasteiger partial charge in [0.15, 0.2) is 0 Å². The molecule has 1 atom stereocenters. The van der Waals surface area contributed by atoms with Crippen LogP contribution in [0.2, 0.25) is 0 Å². The first-order valence-corrected chi connectivity index (χ1v) is 10.2. The molecule has 1 aliphatic rings. The van der Waals surface area contributed by atoms with E-state index in [0.29, 0.717) is 12.3 Å². The van der Waals surface area contributed by atoms with E-state index in [4.69, 9.17) is 0 Å². The number of nitrogens with zero attached hydrogens (tertiary/aromatic N) is 6. The largest absolute Gasteiger partial charge is 0.392 e. The molecule has 3 aromatic heterocycles. The van der Waals surface area contributed by atoms with E-state index in [0.717, 1.165) is 42.1 Å². The Morgan fingerprint density at radius 3 is 2.96 bits per heavy atom. The first-order valence-electron chi connectivity index (χ1n) is 9.39. The Hall–Kier alpha value is -2.62. The Morgan fingerprint density at radius 2 is 2.14 bits per heavy atom. The van der Waals surface area contributed by atoms with Gasteiger partial charge in [0.2, 0.25) is 0 Å². The molecular formula is C19H21N7OS. The van der Waals surface area contributed by atoms with E-state index in [-0.39, 0.29) is 0 Å². The number of tetrazole rings is 1. The second kappa shape index (κ2) is 7.08. The Morgan fingerprint density at radius 1 is 1.29 bits per heavy atom. The zero-order valence-electron chi connectivity index (χ0n) is 15.5. The second-order valence-corrected chi connectivity index (χ2v) is 8.29. The van der Waals surface area contributed by atoms with Crippen molar-refractivity contribution in [2.24, 2.45) is 0 Å². The fourth-order valence-electron chi connectivity index (χ4n) is 3.72. The van der Waals surface area contributed by atoms with Crippen molar-refractivity contribution < 1.29 is 5.11 Å². The van der Waals surface area contributed by atoms with Crippen LogP contribution in [0.1, 0.15) is 22.9 Å². The molecule has 8 nitrogen and oxygen atoms in total. The Balaban J connectivity index is 1.53. The molecule has 5 rings (SSSR count). The van der Waals surface area contributed by atoms with Crippen LogP contribution in [-0.2, 0) is 19.5 Å². The fourth-order valence-corrected chi connectivity index (χ4v) is 5.06. The van der Waals surface area contributed by atoms with Gasteiger partial charge in [-0.05, 0) is 34.9 Å². The summed E-state index contributed by atoms with van der Waals surface area (Å²) in [6.45, 7) is 5.04. The number of benzene rings is 1. The minimum absolute atomic E-state index is 0.435. The van der Waals surface area contributed by atoms with Crippen molar-refractivity contribution in [2.45, 2.75) is 32.5 Å². The predicted molar refractivity (Wildman–Crippen MR) is 108 cm³/mol. The van der Waals surface area contributed by atoms with Gasteiger partial charge < -0.3 is 10.4 Å². The van der Waals surface area contributed by atoms with Crippen molar-refractivity contribution in [3.63, 3.8) is 0 Å². The third-order valence-corrected chi connectivity index (χ3v) is 6.22. The first-order chi connectivity index (χ1) is 13.7. The van der Waals surface area contributed by atoms with Gasteiger partial charge >= 0.3 is 0 Å². The number of nitrogens with one attached hydrogen (secondary N) is 1. The van der Waals surface area contributed by atoms with E-state index in [2.05, 4.69) is 61.1 Å². The van der Waals surface area contributed by atoms with E-state index in [1.165, 1.54) is 16.0 Å². The quantitative estimate of drug-likeness (QED) is 0.535. The number of hydrogen-bond acceptors (Lipinski definition) is 8. The summed E-state index contributed by atoms with van der Waals surface area (Å²) in [5.41, 5.74) is 2.65. The molecule has 4 aromatic rings. The van der Waals surface area contributed by atoms with Gasteiger partial charge in [0.05, 0.1) is 11.5 Å². The Bertz CT molecular complexity index is 1120. The van der Waals surface area contributed by atoms with Gasteiger partial charge in [-0.25, -0.2) is 0 Å². The Labute approximate surface area is 165 Å². The average molecular weight is 395 g/mol. The van der Waals surface area contributed by atoms with Gasteiger partial charge in [-0.3, -0.25) is 4.90 Å². The molecule has 0 fully saturated rings. The summed E-state index contributed by atoms with van der Waals surface area (Å²) in [6, 6.07) is 10.6. The van der Waals surface area contributed by atoms with Crippen molar-refractivity contribution in [1.82, 2.24) is 29.9 Å². The van der Waals surface area contributed by atoms with Gasteiger partial charge in [0.1, 0.15) is 10.6 Å². The van der Waals surface area contributed by atoms with E-state index >= 15 is 0 Å². The molecule has 28 heavy (non-hydrogen) atoms. The molecule has 0 radical (unpaired) electrons. The summed E-state index contributed by atoms with van der Waals surface area (Å²) >= 11 is 1.73. The summed E-state index contributed by atoms with van der Waals surface area (Å²) in [7, 11) is 0. The van der Waals surface area contributed by atoms with Crippen LogP contribution < -0.4 is 5.32 Å². The van der Waals surface area contributed by atoms with E-state index in [1.807, 2.05) is 0 Å². The highest BCUT2D eigenvalue weighted by Gasteiger charge is 2.25. The maximum atomic E-state index is 9.68. The summed E-state index contributed by atoms with van der Waals surface area (Å²) in [5, 5.41) is 26.0. The standard InChI is InChI=1S/C19H21N7OS/c1-12(27)9-20-17-16-14-7-8-25(10-13-5-3-2-4-6-13)11-15(14)28-18(16)26-19(21-17)22-23-24-26/h2-6,12,27H,7-11H2,1H3,(H,20,21,22,24)/t12-/m0/s1. The third-order valence-electron chi connectivity index (χ3n) is 5.03. The minimum atomic E-state index is -0.458. The summed E-state index contributed by atoms with van der Waals surface area (Å²) in [5.74, 6) is 1.23. The summed E-state index contributed by atoms with van der Waals surface area (Å²) in [4.78, 5) is 9.42. The van der Waals surface area contributed by atoms with E-state index < -0.39 is 6.10 Å². The summed E-state index contributed by atoms with van der Waals surface area (Å²) in [6.07, 6.45) is 0.501. The minimum Gasteiger partial charge on any atom is -0.392 e. The molecule has 1 aromatic carbocycles. The number of hydrogen-bond donors (Lipinski definition) is 2. The zero-order chi connectivity index (χ0) is 19.1. The van der Waals surface area contributed by atoms with Crippen molar-refractivity contribution in [3.05, 3.63) is 46.3 Å². The SMILES string of the molecule is C[C@H](O)CNc1nc2nnnn2c2sc3c(c12)CCN(Cc1ccccc1)C3. The number of aromatic nitrogens is 5. The lowest BCUT2D eigenvalue weighted by atomic mass is 10.0. The fraction of sp³-hybridized carbons (Fsp3) is 0.368. The molecule has 0 saturated heterocycles. The van der Waals surface area contributed by atoms with E-state index in [9.17, 15) is 5.11 Å². The highest BCUT2D eigenvalue weighted by Crippen LogP contribution is 2.38. The van der Waals surface area contributed by atoms with E-state index in [1.54, 1.807) is 22.8 Å². The van der Waals surface area contributed by atoms with Crippen LogP contribution in [0, 0.1) is 0 Å². The molecule has 2 N–H and O–H groups in total. The van der Waals surface area contributed by atoms with Crippen molar-refractivity contribution in [2.75, 3.05) is 18.4 Å². The number of aliphatic hydroxyl groups is 1. The average Bonchev–Trinajstić information content (AvgIpc) is 3.30. The molecule has 9 heteroatoms.